The molecule has 0 bridgehead atoms. The number of carbonyl (C=O) groups is 1. The summed E-state index contributed by atoms with van der Waals surface area (Å²) in [6, 6.07) is -0.0285. The Bertz CT molecular complexity index is 701. The van der Waals surface area contributed by atoms with Crippen molar-refractivity contribution in [1.29, 1.82) is 0 Å². The van der Waals surface area contributed by atoms with Crippen LogP contribution < -0.4 is 10.6 Å². The third-order valence-corrected chi connectivity index (χ3v) is 5.06. The zero-order valence-corrected chi connectivity index (χ0v) is 13.6. The largest absolute Gasteiger partial charge is 0.357 e. The number of hydrogen-bond acceptors (Lipinski definition) is 6. The average molecular weight is 314 g/mol. The molecule has 4 rings (SSSR count). The molecule has 0 spiro atoms. The molecule has 0 amide bonds. The molecule has 2 N–H and O–H groups in total. The lowest BCUT2D eigenvalue weighted by atomic mass is 9.71. The molecule has 0 aromatic carbocycles. The molecular formula is C17H22N4O2. The normalized spacial score (nSPS) is 29.2. The molecule has 6 heteroatoms. The average Bonchev–Trinajstić information content (AvgIpc) is 2.86. The van der Waals surface area contributed by atoms with Crippen LogP contribution >= 0.6 is 0 Å². The van der Waals surface area contributed by atoms with Crippen molar-refractivity contribution in [2.75, 3.05) is 10.6 Å². The quantitative estimate of drug-likeness (QED) is 0.774. The Hall–Kier alpha value is -2.11. The Balaban J connectivity index is 1.79. The lowest BCUT2D eigenvalue weighted by molar-refractivity contribution is -0.118. The van der Waals surface area contributed by atoms with Crippen molar-refractivity contribution in [2.45, 2.75) is 52.0 Å². The number of rotatable bonds is 1. The highest BCUT2D eigenvalue weighted by molar-refractivity contribution is 6.00. The topological polar surface area (TPSA) is 80.1 Å². The van der Waals surface area contributed by atoms with Crippen LogP contribution in [-0.4, -0.2) is 22.1 Å². The number of nitrogens with zero attached hydrogens (tertiary/aromatic N) is 2. The van der Waals surface area contributed by atoms with Gasteiger partial charge >= 0.3 is 0 Å². The number of allylic oxidation sites excluding steroid dienone is 3. The summed E-state index contributed by atoms with van der Waals surface area (Å²) < 4.78 is 4.87. The second-order valence-corrected chi connectivity index (χ2v) is 7.59. The second-order valence-electron chi connectivity index (χ2n) is 7.59. The van der Waals surface area contributed by atoms with E-state index in [1.54, 1.807) is 0 Å². The van der Waals surface area contributed by atoms with Crippen molar-refractivity contribution < 1.29 is 9.42 Å². The van der Waals surface area contributed by atoms with E-state index in [1.165, 1.54) is 0 Å². The zero-order chi connectivity index (χ0) is 16.0. The van der Waals surface area contributed by atoms with Crippen LogP contribution in [0.4, 0.5) is 11.6 Å². The summed E-state index contributed by atoms with van der Waals surface area (Å²) in [6.07, 6.45) is 8.96. The first-order valence-electron chi connectivity index (χ1n) is 8.31. The van der Waals surface area contributed by atoms with Gasteiger partial charge in [0.25, 0.3) is 0 Å². The van der Waals surface area contributed by atoms with E-state index < -0.39 is 0 Å². The molecule has 2 heterocycles. The van der Waals surface area contributed by atoms with Crippen LogP contribution in [0.1, 0.15) is 46.0 Å². The van der Waals surface area contributed by atoms with Crippen molar-refractivity contribution in [3.8, 4) is 0 Å². The molecule has 0 saturated carbocycles. The monoisotopic (exact) mass is 314 g/mol. The zero-order valence-electron chi connectivity index (χ0n) is 13.6. The maximum Gasteiger partial charge on any atom is 0.219 e. The minimum atomic E-state index is -0.0401. The second kappa shape index (κ2) is 5.22. The van der Waals surface area contributed by atoms with E-state index in [0.717, 1.165) is 37.0 Å². The van der Waals surface area contributed by atoms with Gasteiger partial charge in [0, 0.05) is 17.7 Å². The molecule has 122 valence electrons. The van der Waals surface area contributed by atoms with E-state index in [0.29, 0.717) is 24.0 Å². The van der Waals surface area contributed by atoms with E-state index in [9.17, 15) is 4.79 Å². The number of ketones is 1. The number of hydrogen-bond donors (Lipinski definition) is 2. The van der Waals surface area contributed by atoms with Crippen LogP contribution in [-0.2, 0) is 4.79 Å². The summed E-state index contributed by atoms with van der Waals surface area (Å²) in [5.74, 6) is 1.80. The van der Waals surface area contributed by atoms with Gasteiger partial charge in [0.2, 0.25) is 11.6 Å². The van der Waals surface area contributed by atoms with E-state index in [-0.39, 0.29) is 17.2 Å². The van der Waals surface area contributed by atoms with Gasteiger partial charge in [-0.25, -0.2) is 4.63 Å². The maximum absolute atomic E-state index is 12.9. The van der Waals surface area contributed by atoms with Crippen LogP contribution in [0.15, 0.2) is 28.1 Å². The molecule has 23 heavy (non-hydrogen) atoms. The predicted molar refractivity (Wildman–Crippen MR) is 86.9 cm³/mol. The van der Waals surface area contributed by atoms with Gasteiger partial charge in [-0.15, -0.1) is 0 Å². The summed E-state index contributed by atoms with van der Waals surface area (Å²) in [6.45, 7) is 4.27. The minimum Gasteiger partial charge on any atom is -0.357 e. The molecule has 2 atom stereocenters. The predicted octanol–water partition coefficient (Wildman–Crippen LogP) is 3.28. The smallest absolute Gasteiger partial charge is 0.219 e. The summed E-state index contributed by atoms with van der Waals surface area (Å²) in [5, 5.41) is 14.6. The summed E-state index contributed by atoms with van der Waals surface area (Å²) >= 11 is 0. The summed E-state index contributed by atoms with van der Waals surface area (Å²) in [4.78, 5) is 12.9. The number of fused-ring (bicyclic) bond motifs is 1. The Morgan fingerprint density at radius 2 is 2.04 bits per heavy atom. The lowest BCUT2D eigenvalue weighted by Crippen LogP contribution is -2.39. The molecule has 1 aromatic heterocycles. The SMILES string of the molecule is CC1(C)CC(=O)C2=C(C1)Nc1nonc1N[C@H]2[C@@H]1CC=CCC1. The van der Waals surface area contributed by atoms with Crippen molar-refractivity contribution in [3.63, 3.8) is 0 Å². The van der Waals surface area contributed by atoms with Crippen LogP contribution in [0, 0.1) is 11.3 Å². The number of anilines is 2. The number of carbonyl (C=O) groups excluding carboxylic acids is 1. The van der Waals surface area contributed by atoms with Crippen molar-refractivity contribution >= 4 is 17.4 Å². The Labute approximate surface area is 135 Å². The van der Waals surface area contributed by atoms with E-state index >= 15 is 0 Å². The van der Waals surface area contributed by atoms with Crippen LogP contribution in [0.2, 0.25) is 0 Å². The molecule has 0 radical (unpaired) electrons. The first kappa shape index (κ1) is 14.5. The number of nitrogens with one attached hydrogen (secondary N) is 2. The fourth-order valence-electron chi connectivity index (χ4n) is 4.01. The molecule has 1 aliphatic heterocycles. The van der Waals surface area contributed by atoms with Crippen LogP contribution in [0.25, 0.3) is 0 Å². The molecule has 2 aliphatic carbocycles. The maximum atomic E-state index is 12.9. The van der Waals surface area contributed by atoms with Gasteiger partial charge in [-0.3, -0.25) is 4.79 Å². The van der Waals surface area contributed by atoms with Crippen molar-refractivity contribution in [2.24, 2.45) is 11.3 Å². The molecule has 0 fully saturated rings. The first-order chi connectivity index (χ1) is 11.0. The molecule has 0 unspecified atom stereocenters. The minimum absolute atomic E-state index is 0.0285. The van der Waals surface area contributed by atoms with Gasteiger partial charge in [0.05, 0.1) is 6.04 Å². The van der Waals surface area contributed by atoms with Crippen LogP contribution in [0.3, 0.4) is 0 Å². The molecule has 3 aliphatic rings. The Morgan fingerprint density at radius 1 is 1.22 bits per heavy atom. The Morgan fingerprint density at radius 3 is 2.83 bits per heavy atom. The highest BCUT2D eigenvalue weighted by atomic mass is 16.6. The van der Waals surface area contributed by atoms with Gasteiger partial charge in [-0.1, -0.05) is 26.0 Å². The van der Waals surface area contributed by atoms with Crippen LogP contribution in [0.5, 0.6) is 0 Å². The third kappa shape index (κ3) is 2.56. The van der Waals surface area contributed by atoms with Crippen molar-refractivity contribution in [1.82, 2.24) is 10.3 Å². The number of aromatic nitrogens is 2. The Kier molecular flexibility index (Phi) is 3.28. The molecule has 1 aromatic rings. The van der Waals surface area contributed by atoms with E-state index in [4.69, 9.17) is 4.63 Å². The molecule has 0 saturated heterocycles. The van der Waals surface area contributed by atoms with Gasteiger partial charge in [-0.05, 0) is 47.3 Å². The fourth-order valence-corrected chi connectivity index (χ4v) is 4.01. The van der Waals surface area contributed by atoms with Gasteiger partial charge < -0.3 is 10.6 Å². The molecule has 6 nitrogen and oxygen atoms in total. The van der Waals surface area contributed by atoms with Gasteiger partial charge in [0.15, 0.2) is 5.78 Å². The van der Waals surface area contributed by atoms with E-state index in [2.05, 4.69) is 46.9 Å². The summed E-state index contributed by atoms with van der Waals surface area (Å²) in [5.41, 5.74) is 1.83. The lowest BCUT2D eigenvalue weighted by Gasteiger charge is -2.36. The van der Waals surface area contributed by atoms with Gasteiger partial charge in [0.1, 0.15) is 0 Å². The highest BCUT2D eigenvalue weighted by Gasteiger charge is 2.41. The third-order valence-electron chi connectivity index (χ3n) is 5.06. The standard InChI is InChI=1S/C17H22N4O2/c1-17(2)8-11-13(12(22)9-17)14(10-6-4-3-5-7-10)19-16-15(18-11)20-23-21-16/h3-4,10,14H,5-9H2,1-2H3,(H,18,20)(H,19,21)/t10-,14+/m1/s1. The van der Waals surface area contributed by atoms with Crippen molar-refractivity contribution in [3.05, 3.63) is 23.4 Å². The fraction of sp³-hybridized carbons (Fsp3) is 0.588. The van der Waals surface area contributed by atoms with Gasteiger partial charge in [-0.2, -0.15) is 0 Å². The summed E-state index contributed by atoms with van der Waals surface area (Å²) in [7, 11) is 0. The van der Waals surface area contributed by atoms with E-state index in [1.807, 2.05) is 0 Å². The molecular weight excluding hydrogens is 292 g/mol. The highest BCUT2D eigenvalue weighted by Crippen LogP contribution is 2.43. The first-order valence-corrected chi connectivity index (χ1v) is 8.31. The number of Topliss-reactive ketones (excluding diaryl/α,β-unsaturated/α-hetero) is 1.